The van der Waals surface area contributed by atoms with Gasteiger partial charge in [0.25, 0.3) is 5.91 Å². The Balaban J connectivity index is 1.63. The molecule has 2 amide bonds. The number of benzene rings is 2. The first kappa shape index (κ1) is 27.3. The summed E-state index contributed by atoms with van der Waals surface area (Å²) >= 11 is 0. The van der Waals surface area contributed by atoms with Gasteiger partial charge in [-0.15, -0.1) is 0 Å². The number of hydrogen-bond acceptors (Lipinski definition) is 10. The number of rotatable bonds is 7. The molecule has 11 nitrogen and oxygen atoms in total. The maximum absolute atomic E-state index is 14.4. The summed E-state index contributed by atoms with van der Waals surface area (Å²) in [5.41, 5.74) is 0.588. The zero-order chi connectivity index (χ0) is 28.2. The largest absolute Gasteiger partial charge is 0.497 e. The van der Waals surface area contributed by atoms with Crippen molar-refractivity contribution in [1.82, 2.24) is 4.90 Å². The second kappa shape index (κ2) is 9.70. The highest BCUT2D eigenvalue weighted by molar-refractivity contribution is 7.93. The maximum Gasteiger partial charge on any atom is 0.337 e. The summed E-state index contributed by atoms with van der Waals surface area (Å²) in [6.45, 7) is 3.04. The highest BCUT2D eigenvalue weighted by Crippen LogP contribution is 2.50. The van der Waals surface area contributed by atoms with Crippen LogP contribution in [0.15, 0.2) is 59.5 Å². The third-order valence-corrected chi connectivity index (χ3v) is 9.70. The van der Waals surface area contributed by atoms with Gasteiger partial charge in [-0.25, -0.2) is 13.2 Å². The van der Waals surface area contributed by atoms with E-state index in [4.69, 9.17) is 23.7 Å². The fourth-order valence-corrected chi connectivity index (χ4v) is 7.57. The minimum atomic E-state index is -4.58. The molecule has 5 atom stereocenters. The van der Waals surface area contributed by atoms with Crippen molar-refractivity contribution in [2.24, 2.45) is 0 Å². The van der Waals surface area contributed by atoms with Crippen LogP contribution >= 0.6 is 0 Å². The maximum atomic E-state index is 14.4. The summed E-state index contributed by atoms with van der Waals surface area (Å²) in [7, 11) is -1.91. The molecule has 3 fully saturated rings. The SMILES string of the molecule is COC(=O)[C@@H]1O[C@H](C2(S(=O)(=O)c3ccccc3)CC(=O)N(Cc3ccc(OC)cc3)C2=O)[C@H]2OC(C)(C)O[C@H]21. The van der Waals surface area contributed by atoms with Gasteiger partial charge < -0.3 is 23.7 Å². The van der Waals surface area contributed by atoms with Crippen LogP contribution in [-0.2, 0) is 49.7 Å². The Morgan fingerprint density at radius 2 is 1.64 bits per heavy atom. The van der Waals surface area contributed by atoms with E-state index in [1.54, 1.807) is 44.2 Å². The second-order valence-corrected chi connectivity index (χ2v) is 12.3. The summed E-state index contributed by atoms with van der Waals surface area (Å²) in [6.07, 6.45) is -5.83. The van der Waals surface area contributed by atoms with Crippen molar-refractivity contribution in [2.45, 2.75) is 66.7 Å². The lowest BCUT2D eigenvalue weighted by Gasteiger charge is -2.35. The highest BCUT2D eigenvalue weighted by atomic mass is 32.2. The lowest BCUT2D eigenvalue weighted by atomic mass is 9.93. The Kier molecular flexibility index (Phi) is 6.78. The lowest BCUT2D eigenvalue weighted by Crippen LogP contribution is -2.59. The Labute approximate surface area is 225 Å². The predicted octanol–water partition coefficient (Wildman–Crippen LogP) is 1.63. The normalized spacial score (nSPS) is 29.9. The van der Waals surface area contributed by atoms with Crippen molar-refractivity contribution in [2.75, 3.05) is 14.2 Å². The molecular weight excluding hydrogens is 530 g/mol. The monoisotopic (exact) mass is 559 g/mol. The van der Waals surface area contributed by atoms with E-state index in [2.05, 4.69) is 0 Å². The highest BCUT2D eigenvalue weighted by Gasteiger charge is 2.73. The van der Waals surface area contributed by atoms with E-state index < -0.39 is 69.0 Å². The van der Waals surface area contributed by atoms with Gasteiger partial charge in [-0.1, -0.05) is 30.3 Å². The van der Waals surface area contributed by atoms with Gasteiger partial charge in [0.15, 0.2) is 26.5 Å². The van der Waals surface area contributed by atoms with E-state index >= 15 is 0 Å². The molecule has 1 unspecified atom stereocenters. The second-order valence-electron chi connectivity index (χ2n) is 10.1. The van der Waals surface area contributed by atoms with Gasteiger partial charge in [-0.3, -0.25) is 14.5 Å². The molecule has 12 heteroatoms. The first-order valence-electron chi connectivity index (χ1n) is 12.3. The molecule has 0 radical (unpaired) electrons. The minimum Gasteiger partial charge on any atom is -0.497 e. The number of esters is 1. The Morgan fingerprint density at radius 3 is 2.26 bits per heavy atom. The van der Waals surface area contributed by atoms with Crippen LogP contribution in [0.3, 0.4) is 0 Å². The van der Waals surface area contributed by atoms with Gasteiger partial charge in [-0.05, 0) is 43.7 Å². The van der Waals surface area contributed by atoms with Crippen LogP contribution in [0.1, 0.15) is 25.8 Å². The molecule has 0 N–H and O–H groups in total. The van der Waals surface area contributed by atoms with Gasteiger partial charge in [0.1, 0.15) is 24.1 Å². The third kappa shape index (κ3) is 4.31. The number of sulfone groups is 1. The first-order chi connectivity index (χ1) is 18.4. The number of methoxy groups -OCH3 is 2. The molecule has 39 heavy (non-hydrogen) atoms. The number of likely N-dealkylation sites (tertiary alicyclic amines) is 1. The predicted molar refractivity (Wildman–Crippen MR) is 134 cm³/mol. The van der Waals surface area contributed by atoms with E-state index in [-0.39, 0.29) is 11.4 Å². The van der Waals surface area contributed by atoms with Crippen LogP contribution in [0.5, 0.6) is 5.75 Å². The quantitative estimate of drug-likeness (QED) is 0.364. The first-order valence-corrected chi connectivity index (χ1v) is 13.8. The zero-order valence-corrected chi connectivity index (χ0v) is 22.7. The Morgan fingerprint density at radius 1 is 1.00 bits per heavy atom. The van der Waals surface area contributed by atoms with Gasteiger partial charge >= 0.3 is 5.97 Å². The number of carbonyl (C=O) groups is 3. The van der Waals surface area contributed by atoms with Gasteiger partial charge in [-0.2, -0.15) is 0 Å². The summed E-state index contributed by atoms with van der Waals surface area (Å²) in [6, 6.07) is 14.1. The number of imide groups is 1. The molecule has 0 spiro atoms. The van der Waals surface area contributed by atoms with Gasteiger partial charge in [0.05, 0.1) is 32.1 Å². The average molecular weight is 560 g/mol. The van der Waals surface area contributed by atoms with E-state index in [0.29, 0.717) is 11.3 Å². The Bertz CT molecular complexity index is 1390. The van der Waals surface area contributed by atoms with Crippen molar-refractivity contribution in [3.05, 3.63) is 60.2 Å². The van der Waals surface area contributed by atoms with E-state index in [9.17, 15) is 22.8 Å². The van der Waals surface area contributed by atoms with Gasteiger partial charge in [0, 0.05) is 0 Å². The fourth-order valence-electron chi connectivity index (χ4n) is 5.49. The third-order valence-electron chi connectivity index (χ3n) is 7.30. The van der Waals surface area contributed by atoms with Crippen molar-refractivity contribution in [1.29, 1.82) is 0 Å². The molecule has 3 heterocycles. The molecule has 208 valence electrons. The molecule has 0 bridgehead atoms. The number of amides is 2. The number of nitrogens with zero attached hydrogens (tertiary/aromatic N) is 1. The zero-order valence-electron chi connectivity index (χ0n) is 21.9. The molecule has 2 aromatic rings. The minimum absolute atomic E-state index is 0.169. The Hall–Kier alpha value is -3.32. The van der Waals surface area contributed by atoms with Crippen molar-refractivity contribution >= 4 is 27.6 Å². The molecule has 3 aliphatic heterocycles. The molecule has 2 aromatic carbocycles. The van der Waals surface area contributed by atoms with Crippen LogP contribution in [0.4, 0.5) is 0 Å². The number of carbonyl (C=O) groups excluding carboxylic acids is 3. The average Bonchev–Trinajstić information content (AvgIpc) is 3.51. The molecule has 0 aliphatic carbocycles. The smallest absolute Gasteiger partial charge is 0.337 e. The number of fused-ring (bicyclic) bond motifs is 1. The van der Waals surface area contributed by atoms with Crippen LogP contribution in [0.2, 0.25) is 0 Å². The topological polar surface area (TPSA) is 135 Å². The molecule has 3 aliphatic rings. The van der Waals surface area contributed by atoms with E-state index in [0.717, 1.165) is 12.0 Å². The van der Waals surface area contributed by atoms with Crippen LogP contribution in [0.25, 0.3) is 0 Å². The number of hydrogen-bond donors (Lipinski definition) is 0. The van der Waals surface area contributed by atoms with E-state index in [1.807, 2.05) is 0 Å². The standard InChI is InChI=1S/C27H29NO10S/c1-26(2)37-20-21(38-26)23(36-22(20)24(30)35-4)27(39(32,33)18-8-6-5-7-9-18)14-19(29)28(25(27)31)15-16-10-12-17(34-3)13-11-16/h5-13,20-23H,14-15H2,1-4H3/t20-,21+,22-,23+,27?/m1/s1. The summed E-state index contributed by atoms with van der Waals surface area (Å²) < 4.78 is 54.3. The molecular formula is C27H29NO10S. The summed E-state index contributed by atoms with van der Waals surface area (Å²) in [4.78, 5) is 41.1. The van der Waals surface area contributed by atoms with Crippen LogP contribution in [-0.4, -0.2) is 80.3 Å². The lowest BCUT2D eigenvalue weighted by molar-refractivity contribution is -0.198. The van der Waals surface area contributed by atoms with Crippen LogP contribution in [0, 0.1) is 0 Å². The molecule has 3 saturated heterocycles. The molecule has 0 saturated carbocycles. The van der Waals surface area contributed by atoms with Crippen molar-refractivity contribution in [3.8, 4) is 5.75 Å². The number of ether oxygens (including phenoxy) is 5. The van der Waals surface area contributed by atoms with Gasteiger partial charge in [0.2, 0.25) is 5.91 Å². The fraction of sp³-hybridized carbons (Fsp3) is 0.444. The van der Waals surface area contributed by atoms with E-state index in [1.165, 1.54) is 31.4 Å². The summed E-state index contributed by atoms with van der Waals surface area (Å²) in [5, 5.41) is 0. The molecule has 0 aromatic heterocycles. The van der Waals surface area contributed by atoms with Crippen molar-refractivity contribution < 1.29 is 46.5 Å². The summed E-state index contributed by atoms with van der Waals surface area (Å²) in [5.74, 6) is -3.10. The van der Waals surface area contributed by atoms with Crippen LogP contribution < -0.4 is 4.74 Å². The molecule has 5 rings (SSSR count). The van der Waals surface area contributed by atoms with Crippen molar-refractivity contribution in [3.63, 3.8) is 0 Å².